The van der Waals surface area contributed by atoms with Gasteiger partial charge in [0.2, 0.25) is 0 Å². The number of hydrazone groups is 1. The number of nitrogens with zero attached hydrogens (tertiary/aromatic N) is 4. The third-order valence-electron chi connectivity index (χ3n) is 5.98. The first kappa shape index (κ1) is 28.8. The number of anilines is 1. The highest BCUT2D eigenvalue weighted by Gasteiger charge is 2.31. The van der Waals surface area contributed by atoms with E-state index >= 15 is 0 Å². The van der Waals surface area contributed by atoms with Crippen LogP contribution in [0.4, 0.5) is 11.4 Å². The van der Waals surface area contributed by atoms with Gasteiger partial charge in [0.1, 0.15) is 12.2 Å². The van der Waals surface area contributed by atoms with Gasteiger partial charge in [-0.2, -0.15) is 5.10 Å². The Morgan fingerprint density at radius 1 is 1.05 bits per heavy atom. The van der Waals surface area contributed by atoms with E-state index in [1.807, 2.05) is 24.5 Å². The number of hydrogen-bond acceptors (Lipinski definition) is 6. The Morgan fingerprint density at radius 3 is 2.42 bits per heavy atom. The number of benzene rings is 3. The van der Waals surface area contributed by atoms with Crippen LogP contribution < -0.4 is 9.73 Å². The van der Waals surface area contributed by atoms with Crippen molar-refractivity contribution in [3.8, 4) is 5.69 Å². The number of amides is 1. The summed E-state index contributed by atoms with van der Waals surface area (Å²) in [7, 11) is -4.34. The molecule has 10 nitrogen and oxygen atoms in total. The van der Waals surface area contributed by atoms with Crippen LogP contribution in [0.25, 0.3) is 5.69 Å². The lowest BCUT2D eigenvalue weighted by atomic mass is 10.2. The number of nitro groups is 1. The van der Waals surface area contributed by atoms with Gasteiger partial charge in [-0.3, -0.25) is 14.9 Å². The molecule has 4 aromatic rings. The second-order valence-corrected chi connectivity index (χ2v) is 11.3. The number of nitrogens with one attached hydrogen (secondary N) is 1. The number of rotatable bonds is 9. The molecular formula is C27H23Cl2N5O5S. The fourth-order valence-corrected chi connectivity index (χ4v) is 5.96. The summed E-state index contributed by atoms with van der Waals surface area (Å²) in [5.74, 6) is -0.805. The molecule has 3 aromatic carbocycles. The van der Waals surface area contributed by atoms with E-state index in [4.69, 9.17) is 23.2 Å². The summed E-state index contributed by atoms with van der Waals surface area (Å²) in [6, 6.07) is 19.6. The van der Waals surface area contributed by atoms with Crippen molar-refractivity contribution in [1.82, 2.24) is 9.99 Å². The molecule has 1 amide bonds. The molecule has 0 saturated heterocycles. The Kier molecular flexibility index (Phi) is 8.58. The predicted molar refractivity (Wildman–Crippen MR) is 155 cm³/mol. The minimum absolute atomic E-state index is 0.128. The Bertz CT molecular complexity index is 1720. The van der Waals surface area contributed by atoms with Gasteiger partial charge in [0.15, 0.2) is 0 Å². The molecule has 0 aliphatic heterocycles. The third kappa shape index (κ3) is 6.01. The summed E-state index contributed by atoms with van der Waals surface area (Å²) >= 11 is 12.5. The molecule has 1 N–H and O–H groups in total. The smallest absolute Gasteiger partial charge is 0.293 e. The van der Waals surface area contributed by atoms with Crippen LogP contribution in [0.15, 0.2) is 88.9 Å². The summed E-state index contributed by atoms with van der Waals surface area (Å²) < 4.78 is 29.5. The maximum Gasteiger partial charge on any atom is 0.293 e. The molecule has 1 aromatic heterocycles. The van der Waals surface area contributed by atoms with Crippen LogP contribution in [-0.2, 0) is 14.8 Å². The van der Waals surface area contributed by atoms with Crippen molar-refractivity contribution in [3.05, 3.63) is 116 Å². The van der Waals surface area contributed by atoms with E-state index in [2.05, 4.69) is 10.5 Å². The van der Waals surface area contributed by atoms with Gasteiger partial charge in [-0.15, -0.1) is 0 Å². The monoisotopic (exact) mass is 599 g/mol. The summed E-state index contributed by atoms with van der Waals surface area (Å²) in [5, 5.41) is 16.7. The molecule has 0 saturated carbocycles. The molecule has 4 rings (SSSR count). The molecule has 0 unspecified atom stereocenters. The zero-order valence-electron chi connectivity index (χ0n) is 21.3. The molecule has 1 heterocycles. The van der Waals surface area contributed by atoms with Gasteiger partial charge >= 0.3 is 0 Å². The summed E-state index contributed by atoms with van der Waals surface area (Å²) in [6.07, 6.45) is 1.41. The topological polar surface area (TPSA) is 127 Å². The standard InChI is InChI=1S/C27H23Cl2N5O5S/c1-18-14-20(19(2)33(18)26-15-21(28)12-13-23(26)29)16-30-31-27(35)17-32(24-10-6-7-11-25(24)34(36)37)40(38,39)22-8-4-3-5-9-22/h3-16H,17H2,1-2H3,(H,31,35)/b30-16-. The average Bonchev–Trinajstić information content (AvgIpc) is 3.21. The van der Waals surface area contributed by atoms with E-state index in [1.54, 1.807) is 24.3 Å². The minimum atomic E-state index is -4.34. The number of carbonyl (C=O) groups excluding carboxylic acids is 1. The third-order valence-corrected chi connectivity index (χ3v) is 8.31. The van der Waals surface area contributed by atoms with Crippen molar-refractivity contribution in [3.63, 3.8) is 0 Å². The Hall–Kier alpha value is -4.19. The highest BCUT2D eigenvalue weighted by atomic mass is 35.5. The zero-order valence-corrected chi connectivity index (χ0v) is 23.6. The first-order valence-electron chi connectivity index (χ1n) is 11.8. The maximum absolute atomic E-state index is 13.5. The lowest BCUT2D eigenvalue weighted by molar-refractivity contribution is -0.384. The summed E-state index contributed by atoms with van der Waals surface area (Å²) in [6.45, 7) is 2.96. The second-order valence-electron chi connectivity index (χ2n) is 8.62. The molecule has 0 bridgehead atoms. The minimum Gasteiger partial charge on any atom is -0.316 e. The Balaban J connectivity index is 1.61. The van der Waals surface area contributed by atoms with E-state index in [9.17, 15) is 23.3 Å². The number of aromatic nitrogens is 1. The van der Waals surface area contributed by atoms with Crippen LogP contribution in [-0.4, -0.2) is 36.6 Å². The number of carbonyl (C=O) groups is 1. The number of sulfonamides is 1. The van der Waals surface area contributed by atoms with Crippen molar-refractivity contribution >= 4 is 56.7 Å². The van der Waals surface area contributed by atoms with Crippen molar-refractivity contribution in [2.24, 2.45) is 5.10 Å². The molecule has 0 fully saturated rings. The lowest BCUT2D eigenvalue weighted by Gasteiger charge is -2.23. The van der Waals surface area contributed by atoms with E-state index in [0.717, 1.165) is 11.4 Å². The quantitative estimate of drug-likeness (QED) is 0.151. The highest BCUT2D eigenvalue weighted by molar-refractivity contribution is 7.92. The van der Waals surface area contributed by atoms with Gasteiger partial charge in [0, 0.05) is 28.0 Å². The molecule has 0 atom stereocenters. The van der Waals surface area contributed by atoms with Gasteiger partial charge in [-0.25, -0.2) is 18.1 Å². The Morgan fingerprint density at radius 2 is 1.73 bits per heavy atom. The molecule has 13 heteroatoms. The first-order valence-corrected chi connectivity index (χ1v) is 14.0. The van der Waals surface area contributed by atoms with Crippen molar-refractivity contribution in [2.75, 3.05) is 10.8 Å². The van der Waals surface area contributed by atoms with Gasteiger partial charge in [-0.1, -0.05) is 53.5 Å². The molecule has 0 radical (unpaired) electrons. The largest absolute Gasteiger partial charge is 0.316 e. The number of hydrogen-bond donors (Lipinski definition) is 1. The zero-order chi connectivity index (χ0) is 29.0. The SMILES string of the molecule is Cc1cc(/C=N\NC(=O)CN(c2ccccc2[N+](=O)[O-])S(=O)(=O)c2ccccc2)c(C)n1-c1cc(Cl)ccc1Cl. The van der Waals surface area contributed by atoms with Crippen LogP contribution in [0.1, 0.15) is 17.0 Å². The van der Waals surface area contributed by atoms with Gasteiger partial charge < -0.3 is 4.57 Å². The number of para-hydroxylation sites is 2. The molecule has 0 aliphatic rings. The summed E-state index contributed by atoms with van der Waals surface area (Å²) in [5.41, 5.74) is 4.56. The van der Waals surface area contributed by atoms with Gasteiger partial charge in [-0.05, 0) is 56.3 Å². The highest BCUT2D eigenvalue weighted by Crippen LogP contribution is 2.32. The van der Waals surface area contributed by atoms with E-state index in [0.29, 0.717) is 25.6 Å². The molecule has 206 valence electrons. The Labute approximate surface area is 240 Å². The predicted octanol–water partition coefficient (Wildman–Crippen LogP) is 5.65. The fraction of sp³-hybridized carbons (Fsp3) is 0.111. The number of halogens is 2. The van der Waals surface area contributed by atoms with Crippen molar-refractivity contribution in [2.45, 2.75) is 18.7 Å². The van der Waals surface area contributed by atoms with Crippen LogP contribution in [0.3, 0.4) is 0 Å². The van der Waals surface area contributed by atoms with Gasteiger partial charge in [0.25, 0.3) is 21.6 Å². The van der Waals surface area contributed by atoms with Gasteiger partial charge in [0.05, 0.1) is 26.7 Å². The van der Waals surface area contributed by atoms with Crippen molar-refractivity contribution in [1.29, 1.82) is 0 Å². The molecule has 40 heavy (non-hydrogen) atoms. The second kappa shape index (κ2) is 11.9. The fourth-order valence-electron chi connectivity index (χ4n) is 4.13. The van der Waals surface area contributed by atoms with Crippen molar-refractivity contribution < 1.29 is 18.1 Å². The summed E-state index contributed by atoms with van der Waals surface area (Å²) in [4.78, 5) is 23.7. The normalized spacial score (nSPS) is 11.5. The average molecular weight is 600 g/mol. The van der Waals surface area contributed by atoms with E-state index < -0.39 is 33.1 Å². The van der Waals surface area contributed by atoms with E-state index in [1.165, 1.54) is 54.7 Å². The molecular weight excluding hydrogens is 577 g/mol. The number of nitro benzene ring substituents is 1. The first-order chi connectivity index (χ1) is 19.0. The molecule has 0 spiro atoms. The van der Waals surface area contributed by atoms with Crippen LogP contribution in [0, 0.1) is 24.0 Å². The van der Waals surface area contributed by atoms with Crippen LogP contribution >= 0.6 is 23.2 Å². The molecule has 0 aliphatic carbocycles. The van der Waals surface area contributed by atoms with Crippen LogP contribution in [0.5, 0.6) is 0 Å². The lowest BCUT2D eigenvalue weighted by Crippen LogP contribution is -2.39. The number of aryl methyl sites for hydroxylation is 1. The maximum atomic E-state index is 13.5. The van der Waals surface area contributed by atoms with E-state index in [-0.39, 0.29) is 10.6 Å². The van der Waals surface area contributed by atoms with Crippen LogP contribution in [0.2, 0.25) is 10.0 Å².